The molecule has 0 aliphatic rings. The number of hydrogen-bond donors (Lipinski definition) is 0. The summed E-state index contributed by atoms with van der Waals surface area (Å²) in [7, 11) is -2.87. The van der Waals surface area contributed by atoms with Gasteiger partial charge in [-0.05, 0) is 45.0 Å². The maximum Gasteiger partial charge on any atom is 0.270 e. The zero-order chi connectivity index (χ0) is 24.6. The van der Waals surface area contributed by atoms with Crippen molar-refractivity contribution in [3.8, 4) is 11.5 Å². The second-order valence-corrected chi connectivity index (χ2v) is 11.0. The van der Waals surface area contributed by atoms with E-state index in [-0.39, 0.29) is 21.3 Å². The van der Waals surface area contributed by atoms with Crippen LogP contribution in [0.4, 0.5) is 0 Å². The highest BCUT2D eigenvalue weighted by molar-refractivity contribution is 7.91. The summed E-state index contributed by atoms with van der Waals surface area (Å²) in [5, 5.41) is -0.0791. The summed E-state index contributed by atoms with van der Waals surface area (Å²) in [5.74, 6) is 1.10. The SMILES string of the molecule is COc1ccc2nc(S(=O)Cc3ncc(C)c(OC)c3C)n(S(=O)(=O)c3ccc(C)cc3)c2c1. The van der Waals surface area contributed by atoms with Gasteiger partial charge in [-0.2, -0.15) is 0 Å². The fourth-order valence-corrected chi connectivity index (χ4v) is 6.77. The van der Waals surface area contributed by atoms with Gasteiger partial charge in [-0.1, -0.05) is 17.7 Å². The van der Waals surface area contributed by atoms with Gasteiger partial charge in [-0.3, -0.25) is 9.19 Å². The molecule has 178 valence electrons. The van der Waals surface area contributed by atoms with Crippen LogP contribution in [-0.4, -0.2) is 40.8 Å². The summed E-state index contributed by atoms with van der Waals surface area (Å²) in [6.45, 7) is 5.59. The molecule has 0 amide bonds. The Hall–Kier alpha value is -3.24. The zero-order valence-corrected chi connectivity index (χ0v) is 21.2. The number of pyridine rings is 1. The van der Waals surface area contributed by atoms with Crippen LogP contribution >= 0.6 is 0 Å². The molecule has 4 aromatic rings. The summed E-state index contributed by atoms with van der Waals surface area (Å²) in [6, 6.07) is 11.4. The number of methoxy groups -OCH3 is 2. The summed E-state index contributed by atoms with van der Waals surface area (Å²) >= 11 is 0. The minimum Gasteiger partial charge on any atom is -0.497 e. The molecule has 8 nitrogen and oxygen atoms in total. The summed E-state index contributed by atoms with van der Waals surface area (Å²) in [6.07, 6.45) is 1.65. The largest absolute Gasteiger partial charge is 0.497 e. The number of imidazole rings is 1. The average molecular weight is 500 g/mol. The van der Waals surface area contributed by atoms with Crippen molar-refractivity contribution in [2.45, 2.75) is 36.6 Å². The number of fused-ring (bicyclic) bond motifs is 1. The number of aromatic nitrogens is 3. The van der Waals surface area contributed by atoms with Crippen LogP contribution in [0.2, 0.25) is 0 Å². The van der Waals surface area contributed by atoms with Crippen molar-refractivity contribution in [2.75, 3.05) is 14.2 Å². The normalized spacial score (nSPS) is 12.6. The quantitative estimate of drug-likeness (QED) is 0.380. The van der Waals surface area contributed by atoms with Crippen LogP contribution in [0.15, 0.2) is 58.7 Å². The molecule has 0 fully saturated rings. The van der Waals surface area contributed by atoms with Gasteiger partial charge in [0.25, 0.3) is 10.0 Å². The molecule has 2 aromatic heterocycles. The maximum absolute atomic E-state index is 13.7. The minimum absolute atomic E-state index is 0.0215. The third kappa shape index (κ3) is 4.19. The molecule has 0 radical (unpaired) electrons. The number of ether oxygens (including phenoxy) is 2. The van der Waals surface area contributed by atoms with E-state index in [4.69, 9.17) is 9.47 Å². The first-order chi connectivity index (χ1) is 16.2. The number of rotatable bonds is 7. The highest BCUT2D eigenvalue weighted by atomic mass is 32.2. The fraction of sp³-hybridized carbons (Fsp3) is 0.250. The second kappa shape index (κ2) is 9.19. The monoisotopic (exact) mass is 499 g/mol. The Morgan fingerprint density at radius 3 is 2.35 bits per heavy atom. The van der Waals surface area contributed by atoms with Crippen LogP contribution in [-0.2, 0) is 26.6 Å². The van der Waals surface area contributed by atoms with E-state index < -0.39 is 20.8 Å². The molecule has 4 rings (SSSR count). The van der Waals surface area contributed by atoms with Gasteiger partial charge >= 0.3 is 0 Å². The molecule has 0 spiro atoms. The molecule has 34 heavy (non-hydrogen) atoms. The van der Waals surface area contributed by atoms with Crippen LogP contribution in [0.25, 0.3) is 11.0 Å². The Kier molecular flexibility index (Phi) is 6.46. The third-order valence-electron chi connectivity index (χ3n) is 5.57. The molecular formula is C24H25N3O5S2. The lowest BCUT2D eigenvalue weighted by molar-refractivity contribution is 0.407. The van der Waals surface area contributed by atoms with E-state index in [1.165, 1.54) is 19.2 Å². The van der Waals surface area contributed by atoms with Gasteiger partial charge in [-0.15, -0.1) is 0 Å². The number of aryl methyl sites for hydroxylation is 2. The molecule has 0 aliphatic heterocycles. The van der Waals surface area contributed by atoms with Gasteiger partial charge < -0.3 is 9.47 Å². The van der Waals surface area contributed by atoms with E-state index in [0.717, 1.165) is 20.7 Å². The molecular weight excluding hydrogens is 474 g/mol. The van der Waals surface area contributed by atoms with Crippen molar-refractivity contribution >= 4 is 31.9 Å². The lowest BCUT2D eigenvalue weighted by Gasteiger charge is -2.13. The predicted molar refractivity (Wildman–Crippen MR) is 130 cm³/mol. The average Bonchev–Trinajstić information content (AvgIpc) is 3.21. The molecule has 2 heterocycles. The predicted octanol–water partition coefficient (Wildman–Crippen LogP) is 3.92. The van der Waals surface area contributed by atoms with E-state index >= 15 is 0 Å². The Labute approximate surface area is 201 Å². The Bertz CT molecular complexity index is 1510. The molecule has 10 heteroatoms. The summed E-state index contributed by atoms with van der Waals surface area (Å²) < 4.78 is 52.8. The van der Waals surface area contributed by atoms with Crippen molar-refractivity contribution < 1.29 is 22.1 Å². The van der Waals surface area contributed by atoms with Crippen molar-refractivity contribution in [1.82, 2.24) is 13.9 Å². The van der Waals surface area contributed by atoms with E-state index in [0.29, 0.717) is 22.7 Å². The Morgan fingerprint density at radius 2 is 1.71 bits per heavy atom. The van der Waals surface area contributed by atoms with Crippen LogP contribution in [0.3, 0.4) is 0 Å². The first kappa shape index (κ1) is 23.9. The fourth-order valence-electron chi connectivity index (χ4n) is 3.74. The third-order valence-corrected chi connectivity index (χ3v) is 8.62. The highest BCUT2D eigenvalue weighted by Gasteiger charge is 2.28. The van der Waals surface area contributed by atoms with Gasteiger partial charge in [0.1, 0.15) is 11.5 Å². The van der Waals surface area contributed by atoms with Crippen LogP contribution < -0.4 is 9.47 Å². The molecule has 1 unspecified atom stereocenters. The van der Waals surface area contributed by atoms with Crippen LogP contribution in [0, 0.1) is 20.8 Å². The molecule has 2 aromatic carbocycles. The van der Waals surface area contributed by atoms with Gasteiger partial charge in [0.05, 0.1) is 52.4 Å². The van der Waals surface area contributed by atoms with Gasteiger partial charge in [-0.25, -0.2) is 17.4 Å². The van der Waals surface area contributed by atoms with Crippen LogP contribution in [0.5, 0.6) is 11.5 Å². The van der Waals surface area contributed by atoms with Crippen LogP contribution in [0.1, 0.15) is 22.4 Å². The first-order valence-corrected chi connectivity index (χ1v) is 13.2. The van der Waals surface area contributed by atoms with E-state index in [2.05, 4.69) is 9.97 Å². The Morgan fingerprint density at radius 1 is 1.00 bits per heavy atom. The van der Waals surface area contributed by atoms with E-state index in [9.17, 15) is 12.6 Å². The van der Waals surface area contributed by atoms with Gasteiger partial charge in [0, 0.05) is 23.4 Å². The second-order valence-electron chi connectivity index (χ2n) is 7.87. The maximum atomic E-state index is 13.7. The van der Waals surface area contributed by atoms with E-state index in [1.54, 1.807) is 43.6 Å². The molecule has 0 N–H and O–H groups in total. The van der Waals surface area contributed by atoms with Gasteiger partial charge in [0.15, 0.2) is 0 Å². The minimum atomic E-state index is -4.10. The Balaban J connectivity index is 1.89. The van der Waals surface area contributed by atoms with E-state index in [1.807, 2.05) is 20.8 Å². The summed E-state index contributed by atoms with van der Waals surface area (Å²) in [4.78, 5) is 8.94. The lowest BCUT2D eigenvalue weighted by Crippen LogP contribution is -2.18. The van der Waals surface area contributed by atoms with Crippen molar-refractivity contribution in [1.29, 1.82) is 0 Å². The molecule has 1 atom stereocenters. The lowest BCUT2D eigenvalue weighted by atomic mass is 10.1. The molecule has 0 aliphatic carbocycles. The highest BCUT2D eigenvalue weighted by Crippen LogP contribution is 2.30. The molecule has 0 saturated heterocycles. The number of hydrogen-bond acceptors (Lipinski definition) is 7. The number of nitrogens with zero attached hydrogens (tertiary/aromatic N) is 3. The summed E-state index contributed by atoms with van der Waals surface area (Å²) in [5.41, 5.74) is 3.76. The standard InChI is InChI=1S/C24H25N3O5S2/c1-15-6-9-19(10-7-15)34(29,30)27-22-12-18(31-4)8-11-20(22)26-24(27)33(28)14-21-17(3)23(32-5)16(2)13-25-21/h6-13H,14H2,1-5H3. The van der Waals surface area contributed by atoms with Gasteiger partial charge in [0.2, 0.25) is 5.16 Å². The smallest absolute Gasteiger partial charge is 0.270 e. The number of benzene rings is 2. The van der Waals surface area contributed by atoms with Crippen molar-refractivity contribution in [2.24, 2.45) is 0 Å². The molecule has 0 saturated carbocycles. The van der Waals surface area contributed by atoms with Crippen molar-refractivity contribution in [3.05, 3.63) is 71.0 Å². The topological polar surface area (TPSA) is 100 Å². The van der Waals surface area contributed by atoms with Crippen molar-refractivity contribution in [3.63, 3.8) is 0 Å². The zero-order valence-electron chi connectivity index (χ0n) is 19.5. The first-order valence-electron chi connectivity index (χ1n) is 10.4. The molecule has 0 bridgehead atoms.